The molecule has 61 heavy (non-hydrogen) atoms. The lowest BCUT2D eigenvalue weighted by molar-refractivity contribution is 0.414. The molecule has 13 nitrogen and oxygen atoms in total. The fraction of sp³-hybridized carbons (Fsp3) is 0.174. The molecule has 0 fully saturated rings. The number of H-pyrrole nitrogens is 1. The SMILES string of the molecule is CC(C)c1cnc(-c2ncccc2F)cc1Nc1ncnc2[nH]ccc12.COc1ccc(Cn2ccc3c(Nc4cc(-c5ncccc5F)ncc4C(C)C)ncnc32)cc1. The van der Waals surface area contributed by atoms with Crippen LogP contribution in [0.15, 0.2) is 123 Å². The van der Waals surface area contributed by atoms with E-state index in [0.717, 1.165) is 55.9 Å². The molecule has 0 saturated heterocycles. The van der Waals surface area contributed by atoms with Crippen molar-refractivity contribution in [2.75, 3.05) is 17.7 Å². The van der Waals surface area contributed by atoms with Gasteiger partial charge in [0.1, 0.15) is 52.7 Å². The number of rotatable bonds is 11. The number of halogens is 2. The van der Waals surface area contributed by atoms with Gasteiger partial charge in [-0.1, -0.05) is 39.8 Å². The van der Waals surface area contributed by atoms with Crippen molar-refractivity contribution in [3.05, 3.63) is 151 Å². The number of fused-ring (bicyclic) bond motifs is 2. The molecule has 0 atom stereocenters. The van der Waals surface area contributed by atoms with Gasteiger partial charge in [0.05, 0.1) is 29.3 Å². The Bertz CT molecular complexity index is 2950. The molecule has 15 heteroatoms. The molecule has 3 N–H and O–H groups in total. The van der Waals surface area contributed by atoms with Crippen molar-refractivity contribution in [3.63, 3.8) is 0 Å². The Kier molecular flexibility index (Phi) is 11.6. The number of benzene rings is 1. The third-order valence-electron chi connectivity index (χ3n) is 10.0. The number of nitrogens with one attached hydrogen (secondary N) is 3. The minimum atomic E-state index is -0.414. The summed E-state index contributed by atoms with van der Waals surface area (Å²) in [6, 6.07) is 21.4. The Morgan fingerprint density at radius 1 is 0.656 bits per heavy atom. The summed E-state index contributed by atoms with van der Waals surface area (Å²) in [6.07, 6.45) is 13.5. The van der Waals surface area contributed by atoms with Crippen molar-refractivity contribution in [2.24, 2.45) is 0 Å². The molecule has 8 heterocycles. The second-order valence-corrected chi connectivity index (χ2v) is 14.8. The summed E-state index contributed by atoms with van der Waals surface area (Å²) >= 11 is 0. The normalized spacial score (nSPS) is 11.2. The molecule has 0 aliphatic rings. The van der Waals surface area contributed by atoms with Gasteiger partial charge < -0.3 is 24.9 Å². The van der Waals surface area contributed by atoms with Crippen LogP contribution in [-0.2, 0) is 6.54 Å². The first-order chi connectivity index (χ1) is 29.7. The van der Waals surface area contributed by atoms with Crippen LogP contribution in [0, 0.1) is 11.6 Å². The highest BCUT2D eigenvalue weighted by Gasteiger charge is 2.18. The summed E-state index contributed by atoms with van der Waals surface area (Å²) in [6.45, 7) is 9.00. The zero-order valence-corrected chi connectivity index (χ0v) is 34.1. The van der Waals surface area contributed by atoms with E-state index in [2.05, 4.69) is 87.8 Å². The molecule has 0 saturated carbocycles. The Labute approximate surface area is 350 Å². The second kappa shape index (κ2) is 17.7. The van der Waals surface area contributed by atoms with Crippen molar-refractivity contribution >= 4 is 45.1 Å². The van der Waals surface area contributed by atoms with Crippen molar-refractivity contribution in [3.8, 4) is 28.5 Å². The molecular formula is C46H42F2N12O. The van der Waals surface area contributed by atoms with E-state index >= 15 is 0 Å². The highest BCUT2D eigenvalue weighted by molar-refractivity contribution is 5.90. The number of methoxy groups -OCH3 is 1. The number of pyridine rings is 4. The van der Waals surface area contributed by atoms with Crippen molar-refractivity contribution < 1.29 is 13.5 Å². The van der Waals surface area contributed by atoms with E-state index in [9.17, 15) is 8.78 Å². The molecule has 306 valence electrons. The molecule has 0 unspecified atom stereocenters. The van der Waals surface area contributed by atoms with Crippen LogP contribution in [-0.4, -0.2) is 56.5 Å². The maximum atomic E-state index is 14.4. The number of hydrogen-bond acceptors (Lipinski definition) is 11. The highest BCUT2D eigenvalue weighted by Crippen LogP contribution is 2.34. The fourth-order valence-corrected chi connectivity index (χ4v) is 6.86. The Morgan fingerprint density at radius 2 is 1.23 bits per heavy atom. The number of hydrogen-bond donors (Lipinski definition) is 3. The van der Waals surface area contributed by atoms with E-state index in [1.807, 2.05) is 54.9 Å². The lowest BCUT2D eigenvalue weighted by atomic mass is 10.0. The third kappa shape index (κ3) is 8.71. The van der Waals surface area contributed by atoms with Gasteiger partial charge in [-0.25, -0.2) is 28.7 Å². The molecule has 0 radical (unpaired) electrons. The maximum absolute atomic E-state index is 14.4. The lowest BCUT2D eigenvalue weighted by Gasteiger charge is -2.16. The van der Waals surface area contributed by atoms with Gasteiger partial charge >= 0.3 is 0 Å². The number of nitrogens with zero attached hydrogens (tertiary/aromatic N) is 9. The van der Waals surface area contributed by atoms with Gasteiger partial charge in [0.15, 0.2) is 11.6 Å². The van der Waals surface area contributed by atoms with Crippen molar-refractivity contribution in [1.29, 1.82) is 0 Å². The van der Waals surface area contributed by atoms with E-state index in [1.165, 1.54) is 18.5 Å². The molecule has 0 aliphatic carbocycles. The van der Waals surface area contributed by atoms with Crippen molar-refractivity contribution in [1.82, 2.24) is 49.4 Å². The molecule has 1 aromatic carbocycles. The van der Waals surface area contributed by atoms with Gasteiger partial charge in [-0.15, -0.1) is 0 Å². The number of aromatic amines is 1. The topological polar surface area (TPSA) is 157 Å². The smallest absolute Gasteiger partial charge is 0.151 e. The standard InChI is InChI=1S/C27H25FN6O.C19H17FN6/c1-17(2)21-14-30-24(25-22(28)5-4-11-29-25)13-23(21)33-26-20-10-12-34(27(20)32-16-31-26)15-18-6-8-19(35-3)9-7-18;1-11(2)13-9-23-16(17-14(20)4-3-6-21-17)8-15(13)26-19-12-5-7-22-18(12)24-10-25-19/h4-14,16-17H,15H2,1-3H3,(H,30,31,32,33);3-11H,1-2H3,(H2,22,23,24,25,26). The van der Waals surface area contributed by atoms with E-state index in [0.29, 0.717) is 29.6 Å². The van der Waals surface area contributed by atoms with Crippen LogP contribution in [0.1, 0.15) is 56.2 Å². The molecule has 9 aromatic rings. The number of anilines is 4. The minimum Gasteiger partial charge on any atom is -0.497 e. The van der Waals surface area contributed by atoms with Crippen LogP contribution in [0.25, 0.3) is 44.8 Å². The van der Waals surface area contributed by atoms with E-state index in [4.69, 9.17) is 4.74 Å². The van der Waals surface area contributed by atoms with Crippen LogP contribution < -0.4 is 15.4 Å². The Hall–Kier alpha value is -7.68. The van der Waals surface area contributed by atoms with Crippen LogP contribution in [0.4, 0.5) is 31.8 Å². The van der Waals surface area contributed by atoms with Gasteiger partial charge in [-0.05, 0) is 89.2 Å². The van der Waals surface area contributed by atoms with Crippen molar-refractivity contribution in [2.45, 2.75) is 46.1 Å². The third-order valence-corrected chi connectivity index (χ3v) is 10.0. The van der Waals surface area contributed by atoms with Gasteiger partial charge in [0.25, 0.3) is 0 Å². The average Bonchev–Trinajstić information content (AvgIpc) is 3.93. The Balaban J connectivity index is 0.000000176. The lowest BCUT2D eigenvalue weighted by Crippen LogP contribution is -2.04. The minimum absolute atomic E-state index is 0.199. The predicted molar refractivity (Wildman–Crippen MR) is 233 cm³/mol. The molecule has 0 spiro atoms. The van der Waals surface area contributed by atoms with E-state index in [-0.39, 0.29) is 23.2 Å². The number of aromatic nitrogens is 10. The molecule has 8 aromatic heterocycles. The molecule has 0 bridgehead atoms. The zero-order valence-electron chi connectivity index (χ0n) is 34.1. The first-order valence-electron chi connectivity index (χ1n) is 19.6. The van der Waals surface area contributed by atoms with Crippen LogP contribution >= 0.6 is 0 Å². The number of ether oxygens (including phenoxy) is 1. The highest BCUT2D eigenvalue weighted by atomic mass is 19.1. The van der Waals surface area contributed by atoms with Gasteiger partial charge in [0.2, 0.25) is 0 Å². The Morgan fingerprint density at radius 3 is 1.79 bits per heavy atom. The van der Waals surface area contributed by atoms with Crippen LogP contribution in [0.5, 0.6) is 5.75 Å². The first kappa shape index (κ1) is 40.1. The van der Waals surface area contributed by atoms with Crippen LogP contribution in [0.3, 0.4) is 0 Å². The molecule has 0 amide bonds. The summed E-state index contributed by atoms with van der Waals surface area (Å²) < 4.78 is 35.8. The summed E-state index contributed by atoms with van der Waals surface area (Å²) in [5, 5.41) is 8.57. The second-order valence-electron chi connectivity index (χ2n) is 14.8. The molecule has 9 rings (SSSR count). The van der Waals surface area contributed by atoms with Gasteiger partial charge in [0, 0.05) is 55.1 Å². The summed E-state index contributed by atoms with van der Waals surface area (Å²) in [4.78, 5) is 37.8. The summed E-state index contributed by atoms with van der Waals surface area (Å²) in [7, 11) is 1.66. The van der Waals surface area contributed by atoms with Crippen LogP contribution in [0.2, 0.25) is 0 Å². The summed E-state index contributed by atoms with van der Waals surface area (Å²) in [5.41, 5.74) is 7.68. The van der Waals surface area contributed by atoms with E-state index < -0.39 is 11.6 Å². The zero-order chi connectivity index (χ0) is 42.5. The maximum Gasteiger partial charge on any atom is 0.151 e. The molecule has 0 aliphatic heterocycles. The predicted octanol–water partition coefficient (Wildman–Crippen LogP) is 10.4. The quantitative estimate of drug-likeness (QED) is 0.114. The van der Waals surface area contributed by atoms with Gasteiger partial charge in [-0.3, -0.25) is 19.9 Å². The average molecular weight is 817 g/mol. The monoisotopic (exact) mass is 816 g/mol. The first-order valence-corrected chi connectivity index (χ1v) is 19.6. The largest absolute Gasteiger partial charge is 0.497 e. The fourth-order valence-electron chi connectivity index (χ4n) is 6.86. The molecular weight excluding hydrogens is 775 g/mol. The summed E-state index contributed by atoms with van der Waals surface area (Å²) in [5.74, 6) is 1.78. The van der Waals surface area contributed by atoms with Gasteiger partial charge in [-0.2, -0.15) is 0 Å². The van der Waals surface area contributed by atoms with E-state index in [1.54, 1.807) is 56.4 Å².